The molecule has 100 valence electrons. The first-order valence-corrected chi connectivity index (χ1v) is 7.38. The summed E-state index contributed by atoms with van der Waals surface area (Å²) in [5, 5.41) is 3.65. The number of hydrogen-bond acceptors (Lipinski definition) is 2. The second kappa shape index (κ2) is 5.27. The minimum atomic E-state index is 0.147. The van der Waals surface area contributed by atoms with E-state index in [1.54, 1.807) is 0 Å². The van der Waals surface area contributed by atoms with Gasteiger partial charge in [-0.15, -0.1) is 0 Å². The molecule has 2 rings (SSSR count). The van der Waals surface area contributed by atoms with E-state index in [-0.39, 0.29) is 11.1 Å². The maximum absolute atomic E-state index is 6.33. The molecule has 2 nitrogen and oxygen atoms in total. The van der Waals surface area contributed by atoms with Gasteiger partial charge in [0.05, 0.1) is 12.2 Å². The van der Waals surface area contributed by atoms with Crippen molar-refractivity contribution >= 4 is 0 Å². The van der Waals surface area contributed by atoms with E-state index in [1.807, 2.05) is 0 Å². The average molecular weight is 239 g/mol. The van der Waals surface area contributed by atoms with Crippen LogP contribution in [-0.2, 0) is 4.74 Å². The number of rotatable bonds is 5. The Morgan fingerprint density at radius 1 is 1.12 bits per heavy atom. The van der Waals surface area contributed by atoms with Crippen LogP contribution in [0.5, 0.6) is 0 Å². The Hall–Kier alpha value is -0.0800. The normalized spacial score (nSPS) is 24.9. The Labute approximate surface area is 107 Å². The van der Waals surface area contributed by atoms with Crippen molar-refractivity contribution in [2.45, 2.75) is 76.9 Å². The summed E-state index contributed by atoms with van der Waals surface area (Å²) in [7, 11) is 0. The van der Waals surface area contributed by atoms with Crippen molar-refractivity contribution in [1.29, 1.82) is 0 Å². The van der Waals surface area contributed by atoms with Gasteiger partial charge in [-0.05, 0) is 52.4 Å². The fourth-order valence-corrected chi connectivity index (χ4v) is 2.57. The molecule has 2 heteroatoms. The minimum absolute atomic E-state index is 0.147. The summed E-state index contributed by atoms with van der Waals surface area (Å²) in [5.41, 5.74) is 0.349. The van der Waals surface area contributed by atoms with Crippen molar-refractivity contribution in [3.8, 4) is 0 Å². The smallest absolute Gasteiger partial charge is 0.0806 e. The highest BCUT2D eigenvalue weighted by Crippen LogP contribution is 2.36. The Morgan fingerprint density at radius 3 is 2.29 bits per heavy atom. The SMILES string of the molecule is CC(C)(C)NCC1(OCC2CC2)CCCCC1. The van der Waals surface area contributed by atoms with Gasteiger partial charge in [0, 0.05) is 12.1 Å². The van der Waals surface area contributed by atoms with Crippen LogP contribution in [0.15, 0.2) is 0 Å². The molecule has 0 unspecified atom stereocenters. The Kier molecular flexibility index (Phi) is 4.14. The highest BCUT2D eigenvalue weighted by atomic mass is 16.5. The lowest BCUT2D eigenvalue weighted by Crippen LogP contribution is -2.50. The van der Waals surface area contributed by atoms with Crippen LogP contribution in [0.4, 0.5) is 0 Å². The Balaban J connectivity index is 1.85. The molecule has 0 heterocycles. The zero-order valence-electron chi connectivity index (χ0n) is 11.8. The predicted molar refractivity (Wildman–Crippen MR) is 72.2 cm³/mol. The van der Waals surface area contributed by atoms with Gasteiger partial charge in [-0.1, -0.05) is 19.3 Å². The first-order chi connectivity index (χ1) is 7.99. The van der Waals surface area contributed by atoms with E-state index in [0.29, 0.717) is 0 Å². The summed E-state index contributed by atoms with van der Waals surface area (Å²) in [6.07, 6.45) is 9.37. The Bertz CT molecular complexity index is 234. The van der Waals surface area contributed by atoms with Crippen LogP contribution < -0.4 is 5.32 Å². The summed E-state index contributed by atoms with van der Waals surface area (Å²) in [6, 6.07) is 0. The van der Waals surface area contributed by atoms with Gasteiger partial charge in [0.1, 0.15) is 0 Å². The fraction of sp³-hybridized carbons (Fsp3) is 1.00. The van der Waals surface area contributed by atoms with Crippen molar-refractivity contribution in [1.82, 2.24) is 5.32 Å². The lowest BCUT2D eigenvalue weighted by molar-refractivity contribution is -0.0755. The zero-order chi connectivity index (χ0) is 12.4. The van der Waals surface area contributed by atoms with Crippen LogP contribution in [0.2, 0.25) is 0 Å². The molecule has 2 saturated carbocycles. The van der Waals surface area contributed by atoms with Gasteiger partial charge in [0.2, 0.25) is 0 Å². The first kappa shape index (κ1) is 13.4. The van der Waals surface area contributed by atoms with Gasteiger partial charge >= 0.3 is 0 Å². The van der Waals surface area contributed by atoms with Gasteiger partial charge in [-0.3, -0.25) is 0 Å². The van der Waals surface area contributed by atoms with E-state index in [4.69, 9.17) is 4.74 Å². The third-order valence-corrected chi connectivity index (χ3v) is 4.03. The molecule has 2 fully saturated rings. The monoisotopic (exact) mass is 239 g/mol. The molecule has 2 aliphatic carbocycles. The largest absolute Gasteiger partial charge is 0.373 e. The average Bonchev–Trinajstić information content (AvgIpc) is 3.08. The summed E-state index contributed by atoms with van der Waals surface area (Å²) in [4.78, 5) is 0. The molecular formula is C15H29NO. The molecule has 0 aromatic rings. The summed E-state index contributed by atoms with van der Waals surface area (Å²) >= 11 is 0. The van der Waals surface area contributed by atoms with Crippen LogP contribution >= 0.6 is 0 Å². The molecule has 0 aromatic carbocycles. The van der Waals surface area contributed by atoms with E-state index in [0.717, 1.165) is 19.1 Å². The van der Waals surface area contributed by atoms with Crippen molar-refractivity contribution in [3.63, 3.8) is 0 Å². The fourth-order valence-electron chi connectivity index (χ4n) is 2.57. The molecule has 1 N–H and O–H groups in total. The van der Waals surface area contributed by atoms with E-state index in [1.165, 1.54) is 44.9 Å². The van der Waals surface area contributed by atoms with Crippen molar-refractivity contribution in [2.24, 2.45) is 5.92 Å². The molecule has 0 radical (unpaired) electrons. The van der Waals surface area contributed by atoms with E-state index in [2.05, 4.69) is 26.1 Å². The topological polar surface area (TPSA) is 21.3 Å². The van der Waals surface area contributed by atoms with Crippen molar-refractivity contribution in [3.05, 3.63) is 0 Å². The van der Waals surface area contributed by atoms with Crippen LogP contribution in [0, 0.1) is 5.92 Å². The maximum Gasteiger partial charge on any atom is 0.0806 e. The number of ether oxygens (including phenoxy) is 1. The molecule has 2 aliphatic rings. The number of hydrogen-bond donors (Lipinski definition) is 1. The predicted octanol–water partition coefficient (Wildman–Crippen LogP) is 3.50. The molecule has 0 spiro atoms. The highest BCUT2D eigenvalue weighted by molar-refractivity contribution is 4.90. The maximum atomic E-state index is 6.33. The lowest BCUT2D eigenvalue weighted by Gasteiger charge is -2.39. The van der Waals surface area contributed by atoms with E-state index < -0.39 is 0 Å². The Morgan fingerprint density at radius 2 is 1.76 bits per heavy atom. The molecule has 0 aromatic heterocycles. The van der Waals surface area contributed by atoms with E-state index >= 15 is 0 Å². The van der Waals surface area contributed by atoms with Crippen LogP contribution in [0.1, 0.15) is 65.7 Å². The first-order valence-electron chi connectivity index (χ1n) is 7.38. The quantitative estimate of drug-likeness (QED) is 0.793. The molecule has 0 bridgehead atoms. The molecule has 0 atom stereocenters. The van der Waals surface area contributed by atoms with Crippen LogP contribution in [-0.4, -0.2) is 24.3 Å². The molecular weight excluding hydrogens is 210 g/mol. The molecule has 0 aliphatic heterocycles. The van der Waals surface area contributed by atoms with Gasteiger partial charge in [0.25, 0.3) is 0 Å². The van der Waals surface area contributed by atoms with Crippen molar-refractivity contribution < 1.29 is 4.74 Å². The molecule has 0 saturated heterocycles. The van der Waals surface area contributed by atoms with Crippen LogP contribution in [0.25, 0.3) is 0 Å². The molecule has 0 amide bonds. The lowest BCUT2D eigenvalue weighted by atomic mass is 9.84. The van der Waals surface area contributed by atoms with Crippen LogP contribution in [0.3, 0.4) is 0 Å². The second-order valence-corrected chi connectivity index (χ2v) is 7.10. The number of nitrogens with one attached hydrogen (secondary N) is 1. The summed E-state index contributed by atoms with van der Waals surface area (Å²) < 4.78 is 6.33. The molecule has 17 heavy (non-hydrogen) atoms. The minimum Gasteiger partial charge on any atom is -0.373 e. The van der Waals surface area contributed by atoms with Gasteiger partial charge in [-0.2, -0.15) is 0 Å². The van der Waals surface area contributed by atoms with E-state index in [9.17, 15) is 0 Å². The second-order valence-electron chi connectivity index (χ2n) is 7.10. The van der Waals surface area contributed by atoms with Gasteiger partial charge in [-0.25, -0.2) is 0 Å². The van der Waals surface area contributed by atoms with Gasteiger partial charge in [0.15, 0.2) is 0 Å². The highest BCUT2D eigenvalue weighted by Gasteiger charge is 2.35. The van der Waals surface area contributed by atoms with Crippen molar-refractivity contribution in [2.75, 3.05) is 13.2 Å². The standard InChI is InChI=1S/C15H29NO/c1-14(2,3)16-12-15(9-5-4-6-10-15)17-11-13-7-8-13/h13,16H,4-12H2,1-3H3. The zero-order valence-corrected chi connectivity index (χ0v) is 11.8. The third-order valence-electron chi connectivity index (χ3n) is 4.03. The summed E-state index contributed by atoms with van der Waals surface area (Å²) in [5.74, 6) is 0.878. The van der Waals surface area contributed by atoms with Gasteiger partial charge < -0.3 is 10.1 Å². The third kappa shape index (κ3) is 4.59. The summed E-state index contributed by atoms with van der Waals surface area (Å²) in [6.45, 7) is 8.76.